The fraction of sp³-hybridized carbons (Fsp3) is 0.200. The van der Waals surface area contributed by atoms with Crippen molar-refractivity contribution >= 4 is 23.4 Å². The van der Waals surface area contributed by atoms with E-state index in [4.69, 9.17) is 0 Å². The van der Waals surface area contributed by atoms with E-state index in [0.29, 0.717) is 17.1 Å². The fourth-order valence-electron chi connectivity index (χ4n) is 3.73. The van der Waals surface area contributed by atoms with Gasteiger partial charge in [-0.3, -0.25) is 14.6 Å². The molecule has 1 aliphatic heterocycles. The number of anilines is 1. The number of hydrazone groups is 1. The summed E-state index contributed by atoms with van der Waals surface area (Å²) in [6.07, 6.45) is 1.28. The normalized spacial score (nSPS) is 14.8. The molecule has 4 rings (SSSR count). The molecule has 0 aliphatic carbocycles. The van der Waals surface area contributed by atoms with Gasteiger partial charge in [0.1, 0.15) is 5.56 Å². The maximum Gasteiger partial charge on any atom is 0.335 e. The van der Waals surface area contributed by atoms with Crippen LogP contribution >= 0.6 is 0 Å². The predicted molar refractivity (Wildman–Crippen MR) is 128 cm³/mol. The number of amides is 1. The summed E-state index contributed by atoms with van der Waals surface area (Å²) in [5.41, 5.74) is 3.62. The van der Waals surface area contributed by atoms with Gasteiger partial charge < -0.3 is 5.11 Å². The summed E-state index contributed by atoms with van der Waals surface area (Å²) in [7, 11) is 0. The Morgan fingerprint density at radius 3 is 2.36 bits per heavy atom. The van der Waals surface area contributed by atoms with Crippen LogP contribution < -0.4 is 16.3 Å². The van der Waals surface area contributed by atoms with Gasteiger partial charge in [0.2, 0.25) is 5.88 Å². The number of nitrogens with one attached hydrogen (secondary N) is 1. The second kappa shape index (κ2) is 8.05. The van der Waals surface area contributed by atoms with E-state index < -0.39 is 23.0 Å². The van der Waals surface area contributed by atoms with Crippen molar-refractivity contribution < 1.29 is 9.90 Å². The summed E-state index contributed by atoms with van der Waals surface area (Å²) in [5, 5.41) is 16.5. The molecule has 0 bridgehead atoms. The Bertz CT molecular complexity index is 1490. The first-order valence-corrected chi connectivity index (χ1v) is 10.4. The summed E-state index contributed by atoms with van der Waals surface area (Å²) in [6, 6.07) is 10.9. The average Bonchev–Trinajstić information content (AvgIpc) is 3.03. The molecule has 168 valence electrons. The number of hydrogen-bond acceptors (Lipinski definition) is 5. The number of aryl methyl sites for hydroxylation is 3. The lowest BCUT2D eigenvalue weighted by Gasteiger charge is -2.14. The van der Waals surface area contributed by atoms with Crippen LogP contribution in [0.4, 0.5) is 5.69 Å². The second-order valence-electron chi connectivity index (χ2n) is 8.18. The predicted octanol–water partition coefficient (Wildman–Crippen LogP) is 3.27. The third-order valence-corrected chi connectivity index (χ3v) is 6.02. The Labute approximate surface area is 190 Å². The summed E-state index contributed by atoms with van der Waals surface area (Å²) >= 11 is 0. The zero-order chi connectivity index (χ0) is 24.0. The Hall–Kier alpha value is -4.20. The van der Waals surface area contributed by atoms with Gasteiger partial charge >= 0.3 is 5.69 Å². The van der Waals surface area contributed by atoms with E-state index in [1.165, 1.54) is 11.1 Å². The van der Waals surface area contributed by atoms with Crippen LogP contribution in [0.2, 0.25) is 0 Å². The molecule has 1 aliphatic rings. The zero-order valence-electron chi connectivity index (χ0n) is 19.1. The number of aromatic amines is 1. The Morgan fingerprint density at radius 2 is 1.67 bits per heavy atom. The number of rotatable bonds is 3. The van der Waals surface area contributed by atoms with Crippen molar-refractivity contribution in [1.82, 2.24) is 9.55 Å². The van der Waals surface area contributed by atoms with Crippen molar-refractivity contribution in [2.24, 2.45) is 5.10 Å². The molecule has 0 spiro atoms. The van der Waals surface area contributed by atoms with Gasteiger partial charge in [-0.05, 0) is 81.1 Å². The van der Waals surface area contributed by atoms with Crippen molar-refractivity contribution in [2.45, 2.75) is 34.6 Å². The molecule has 0 unspecified atom stereocenters. The molecular weight excluding hydrogens is 420 g/mol. The van der Waals surface area contributed by atoms with Crippen LogP contribution in [0, 0.1) is 27.7 Å². The Balaban J connectivity index is 1.84. The molecule has 0 radical (unpaired) electrons. The van der Waals surface area contributed by atoms with E-state index in [1.807, 2.05) is 45.9 Å². The highest BCUT2D eigenvalue weighted by molar-refractivity contribution is 6.32. The van der Waals surface area contributed by atoms with Gasteiger partial charge in [0.05, 0.1) is 22.7 Å². The molecule has 0 saturated carbocycles. The highest BCUT2D eigenvalue weighted by atomic mass is 16.3. The molecule has 2 heterocycles. The van der Waals surface area contributed by atoms with Crippen LogP contribution in [0.15, 0.2) is 56.7 Å². The molecule has 0 atom stereocenters. The van der Waals surface area contributed by atoms with Gasteiger partial charge in [-0.15, -0.1) is 0 Å². The number of carbonyl (C=O) groups is 1. The fourth-order valence-corrected chi connectivity index (χ4v) is 3.73. The van der Waals surface area contributed by atoms with Crippen LogP contribution in [0.25, 0.3) is 11.8 Å². The average molecular weight is 444 g/mol. The van der Waals surface area contributed by atoms with E-state index in [9.17, 15) is 19.5 Å². The van der Waals surface area contributed by atoms with Crippen molar-refractivity contribution in [3.63, 3.8) is 0 Å². The summed E-state index contributed by atoms with van der Waals surface area (Å²) in [4.78, 5) is 40.5. The summed E-state index contributed by atoms with van der Waals surface area (Å²) < 4.78 is 1.03. The van der Waals surface area contributed by atoms with Crippen molar-refractivity contribution in [1.29, 1.82) is 0 Å². The highest BCUT2D eigenvalue weighted by Crippen LogP contribution is 2.28. The quantitative estimate of drug-likeness (QED) is 0.605. The van der Waals surface area contributed by atoms with Gasteiger partial charge in [-0.1, -0.05) is 18.2 Å². The summed E-state index contributed by atoms with van der Waals surface area (Å²) in [6.45, 7) is 9.27. The first-order chi connectivity index (χ1) is 15.6. The topological polar surface area (TPSA) is 108 Å². The van der Waals surface area contributed by atoms with Crippen LogP contribution in [0.5, 0.6) is 5.88 Å². The molecular formula is C25H24N4O4. The second-order valence-corrected chi connectivity index (χ2v) is 8.18. The van der Waals surface area contributed by atoms with E-state index in [2.05, 4.69) is 10.1 Å². The maximum atomic E-state index is 13.1. The number of benzene rings is 2. The van der Waals surface area contributed by atoms with Gasteiger partial charge in [-0.25, -0.2) is 9.36 Å². The first kappa shape index (κ1) is 22.0. The van der Waals surface area contributed by atoms with Crippen LogP contribution in [0.1, 0.15) is 34.7 Å². The van der Waals surface area contributed by atoms with Gasteiger partial charge in [0.25, 0.3) is 11.5 Å². The SMILES string of the molecule is CC1=NN(c2ccc(C)c(C)c2)C(=O)/C1=C\c1c(O)n(-c2cccc(C)c2C)c(=O)[nH]c1=O. The number of aromatic nitrogens is 2. The number of H-pyrrole nitrogens is 1. The monoisotopic (exact) mass is 444 g/mol. The smallest absolute Gasteiger partial charge is 0.335 e. The number of aromatic hydroxyl groups is 1. The Morgan fingerprint density at radius 1 is 0.939 bits per heavy atom. The number of hydrogen-bond donors (Lipinski definition) is 2. The molecule has 33 heavy (non-hydrogen) atoms. The van der Waals surface area contributed by atoms with Crippen LogP contribution in [0.3, 0.4) is 0 Å². The van der Waals surface area contributed by atoms with Crippen molar-refractivity contribution in [2.75, 3.05) is 5.01 Å². The lowest BCUT2D eigenvalue weighted by molar-refractivity contribution is -0.114. The summed E-state index contributed by atoms with van der Waals surface area (Å²) in [5.74, 6) is -0.978. The van der Waals surface area contributed by atoms with Gasteiger partial charge in [0.15, 0.2) is 0 Å². The lowest BCUT2D eigenvalue weighted by atomic mass is 10.1. The van der Waals surface area contributed by atoms with E-state index in [1.54, 1.807) is 25.1 Å². The first-order valence-electron chi connectivity index (χ1n) is 10.4. The van der Waals surface area contributed by atoms with Crippen molar-refractivity contribution in [3.05, 3.63) is 90.6 Å². The third kappa shape index (κ3) is 3.69. The molecule has 2 aromatic carbocycles. The molecule has 1 aromatic heterocycles. The minimum atomic E-state index is -0.795. The minimum Gasteiger partial charge on any atom is -0.494 e. The highest BCUT2D eigenvalue weighted by Gasteiger charge is 2.30. The maximum absolute atomic E-state index is 13.1. The van der Waals surface area contributed by atoms with E-state index in [-0.39, 0.29) is 11.1 Å². The van der Waals surface area contributed by atoms with Crippen molar-refractivity contribution in [3.8, 4) is 11.6 Å². The zero-order valence-corrected chi connectivity index (χ0v) is 19.1. The number of nitrogens with zero attached hydrogens (tertiary/aromatic N) is 3. The molecule has 3 aromatic rings. The minimum absolute atomic E-state index is 0.153. The van der Waals surface area contributed by atoms with Crippen LogP contribution in [-0.4, -0.2) is 26.3 Å². The molecule has 0 saturated heterocycles. The molecule has 8 heteroatoms. The standard InChI is InChI=1S/C25H24N4O4/c1-13-9-10-18(11-15(13)3)29-24(32)19(17(5)27-29)12-20-22(30)26-25(33)28(23(20)31)21-8-6-7-14(2)16(21)4/h6-12,31H,1-5H3,(H,26,30,33)/b19-12-. The molecule has 1 amide bonds. The molecule has 0 fully saturated rings. The third-order valence-electron chi connectivity index (χ3n) is 6.02. The van der Waals surface area contributed by atoms with Gasteiger partial charge in [0, 0.05) is 0 Å². The lowest BCUT2D eigenvalue weighted by Crippen LogP contribution is -2.31. The largest absolute Gasteiger partial charge is 0.494 e. The van der Waals surface area contributed by atoms with E-state index in [0.717, 1.165) is 26.8 Å². The van der Waals surface area contributed by atoms with Crippen LogP contribution in [-0.2, 0) is 4.79 Å². The van der Waals surface area contributed by atoms with E-state index >= 15 is 0 Å². The number of carbonyl (C=O) groups excluding carboxylic acids is 1. The molecule has 8 nitrogen and oxygen atoms in total. The molecule has 2 N–H and O–H groups in total. The van der Waals surface area contributed by atoms with Gasteiger partial charge in [-0.2, -0.15) is 10.1 Å². The Kier molecular flexibility index (Phi) is 5.37.